The summed E-state index contributed by atoms with van der Waals surface area (Å²) in [7, 11) is 4.90. The van der Waals surface area contributed by atoms with Crippen molar-refractivity contribution in [3.05, 3.63) is 105 Å². The number of nitrogens with one attached hydrogen (secondary N) is 1. The summed E-state index contributed by atoms with van der Waals surface area (Å²) in [6.45, 7) is 4.12. The third-order valence-electron chi connectivity index (χ3n) is 7.10. The number of aromatic amines is 1. The maximum Gasteiger partial charge on any atom is 0.252 e. The van der Waals surface area contributed by atoms with Gasteiger partial charge in [-0.2, -0.15) is 0 Å². The van der Waals surface area contributed by atoms with Gasteiger partial charge in [0.15, 0.2) is 17.3 Å². The summed E-state index contributed by atoms with van der Waals surface area (Å²) in [6.07, 6.45) is 0.727. The first-order valence-electron chi connectivity index (χ1n) is 13.4. The van der Waals surface area contributed by atoms with Gasteiger partial charge in [-0.3, -0.25) is 9.69 Å². The first-order valence-corrected chi connectivity index (χ1v) is 13.4. The molecular formula is C31H34N6O4. The molecule has 10 heteroatoms. The SMILES string of the molecule is COc1ccc(Cn2nnnc2CN(CCc2ccc(OC)c(OC)c2)Cc2cc3cc(C)ccc3[nH]c2=O)cc1. The number of aryl methyl sites for hydroxylation is 1. The number of hydrogen-bond donors (Lipinski definition) is 1. The van der Waals surface area contributed by atoms with Crippen LogP contribution in [0.5, 0.6) is 17.2 Å². The van der Waals surface area contributed by atoms with Gasteiger partial charge in [0.2, 0.25) is 0 Å². The largest absolute Gasteiger partial charge is 0.497 e. The van der Waals surface area contributed by atoms with Crippen LogP contribution >= 0.6 is 0 Å². The number of hydrogen-bond acceptors (Lipinski definition) is 8. The molecule has 5 rings (SSSR count). The van der Waals surface area contributed by atoms with E-state index in [9.17, 15) is 4.79 Å². The number of ether oxygens (including phenoxy) is 3. The second-order valence-electron chi connectivity index (χ2n) is 9.97. The molecule has 0 aliphatic carbocycles. The molecule has 0 amide bonds. The molecule has 41 heavy (non-hydrogen) atoms. The van der Waals surface area contributed by atoms with Crippen molar-refractivity contribution in [2.75, 3.05) is 27.9 Å². The highest BCUT2D eigenvalue weighted by molar-refractivity contribution is 5.79. The third kappa shape index (κ3) is 6.72. The molecule has 2 aromatic heterocycles. The van der Waals surface area contributed by atoms with Gasteiger partial charge in [-0.05, 0) is 82.7 Å². The molecule has 0 bridgehead atoms. The van der Waals surface area contributed by atoms with E-state index in [1.807, 2.05) is 67.6 Å². The summed E-state index contributed by atoms with van der Waals surface area (Å²) >= 11 is 0. The van der Waals surface area contributed by atoms with Gasteiger partial charge in [0.25, 0.3) is 5.56 Å². The van der Waals surface area contributed by atoms with Gasteiger partial charge >= 0.3 is 0 Å². The number of methoxy groups -OCH3 is 3. The quantitative estimate of drug-likeness (QED) is 0.245. The second-order valence-corrected chi connectivity index (χ2v) is 9.97. The molecule has 3 aromatic carbocycles. The van der Waals surface area contributed by atoms with Gasteiger partial charge in [-0.1, -0.05) is 29.8 Å². The van der Waals surface area contributed by atoms with Crippen LogP contribution in [-0.4, -0.2) is 58.0 Å². The number of rotatable bonds is 12. The first kappa shape index (κ1) is 27.9. The zero-order valence-electron chi connectivity index (χ0n) is 23.8. The van der Waals surface area contributed by atoms with Crippen molar-refractivity contribution >= 4 is 10.9 Å². The predicted molar refractivity (Wildman–Crippen MR) is 157 cm³/mol. The number of pyridine rings is 1. The smallest absolute Gasteiger partial charge is 0.252 e. The number of aromatic nitrogens is 5. The zero-order chi connectivity index (χ0) is 28.8. The van der Waals surface area contributed by atoms with Crippen molar-refractivity contribution in [3.63, 3.8) is 0 Å². The molecule has 10 nitrogen and oxygen atoms in total. The van der Waals surface area contributed by atoms with Crippen molar-refractivity contribution in [1.29, 1.82) is 0 Å². The fraction of sp³-hybridized carbons (Fsp3) is 0.290. The van der Waals surface area contributed by atoms with Crippen molar-refractivity contribution in [3.8, 4) is 17.2 Å². The number of H-pyrrole nitrogens is 1. The standard InChI is InChI=1S/C31H34N6O4/c1-21-5-11-27-24(15-21)17-25(31(38)32-27)19-36(14-13-22-8-12-28(40-3)29(16-22)41-4)20-30-33-34-35-37(30)18-23-6-9-26(39-2)10-7-23/h5-12,15-17H,13-14,18-20H2,1-4H3,(H,32,38). The van der Waals surface area contributed by atoms with Crippen molar-refractivity contribution in [1.82, 2.24) is 30.1 Å². The highest BCUT2D eigenvalue weighted by atomic mass is 16.5. The minimum absolute atomic E-state index is 0.102. The lowest BCUT2D eigenvalue weighted by molar-refractivity contribution is 0.247. The molecule has 1 N–H and O–H groups in total. The Balaban J connectivity index is 1.40. The van der Waals surface area contributed by atoms with Crippen molar-refractivity contribution in [2.24, 2.45) is 0 Å². The van der Waals surface area contributed by atoms with E-state index in [-0.39, 0.29) is 5.56 Å². The minimum atomic E-state index is -0.102. The number of benzene rings is 3. The van der Waals surface area contributed by atoms with E-state index in [1.54, 1.807) is 26.0 Å². The summed E-state index contributed by atoms with van der Waals surface area (Å²) in [5.74, 6) is 2.87. The Bertz CT molecular complexity index is 1680. The van der Waals surface area contributed by atoms with Crippen LogP contribution < -0.4 is 19.8 Å². The lowest BCUT2D eigenvalue weighted by Crippen LogP contribution is -2.30. The van der Waals surface area contributed by atoms with Crippen molar-refractivity contribution < 1.29 is 14.2 Å². The molecule has 0 fully saturated rings. The van der Waals surface area contributed by atoms with Crippen LogP contribution in [0.4, 0.5) is 0 Å². The van der Waals surface area contributed by atoms with Gasteiger partial charge in [-0.15, -0.1) is 5.10 Å². The van der Waals surface area contributed by atoms with Crippen LogP contribution in [0.1, 0.15) is 28.1 Å². The van der Waals surface area contributed by atoms with Crippen LogP contribution in [-0.2, 0) is 26.1 Å². The van der Waals surface area contributed by atoms with E-state index in [4.69, 9.17) is 14.2 Å². The Labute approximate surface area is 238 Å². The molecule has 0 spiro atoms. The average molecular weight is 555 g/mol. The van der Waals surface area contributed by atoms with E-state index in [0.29, 0.717) is 49.1 Å². The average Bonchev–Trinajstić information content (AvgIpc) is 3.42. The highest BCUT2D eigenvalue weighted by Gasteiger charge is 2.16. The van der Waals surface area contributed by atoms with Crippen molar-refractivity contribution in [2.45, 2.75) is 33.0 Å². The molecule has 0 saturated carbocycles. The Morgan fingerprint density at radius 3 is 2.39 bits per heavy atom. The molecule has 0 saturated heterocycles. The monoisotopic (exact) mass is 554 g/mol. The fourth-order valence-electron chi connectivity index (χ4n) is 4.83. The van der Waals surface area contributed by atoms with E-state index < -0.39 is 0 Å². The van der Waals surface area contributed by atoms with Gasteiger partial charge in [0.1, 0.15) is 5.75 Å². The van der Waals surface area contributed by atoms with Crippen LogP contribution in [0, 0.1) is 6.92 Å². The van der Waals surface area contributed by atoms with Crippen LogP contribution in [0.2, 0.25) is 0 Å². The van der Waals surface area contributed by atoms with E-state index in [1.165, 1.54) is 0 Å². The lowest BCUT2D eigenvalue weighted by atomic mass is 10.1. The summed E-state index contributed by atoms with van der Waals surface area (Å²) < 4.78 is 18.0. The Hall–Kier alpha value is -4.70. The van der Waals surface area contributed by atoms with Crippen LogP contribution in [0.3, 0.4) is 0 Å². The summed E-state index contributed by atoms with van der Waals surface area (Å²) in [5, 5.41) is 13.5. The summed E-state index contributed by atoms with van der Waals surface area (Å²) in [6, 6.07) is 21.7. The summed E-state index contributed by atoms with van der Waals surface area (Å²) in [4.78, 5) is 18.3. The number of nitrogens with zero attached hydrogens (tertiary/aromatic N) is 5. The van der Waals surface area contributed by atoms with Gasteiger partial charge < -0.3 is 19.2 Å². The molecule has 5 aromatic rings. The number of tetrazole rings is 1. The second kappa shape index (κ2) is 12.6. The molecule has 2 heterocycles. The lowest BCUT2D eigenvalue weighted by Gasteiger charge is -2.22. The van der Waals surface area contributed by atoms with E-state index >= 15 is 0 Å². The maximum atomic E-state index is 13.1. The summed E-state index contributed by atoms with van der Waals surface area (Å²) in [5.41, 5.74) is 4.69. The normalized spacial score (nSPS) is 11.2. The van der Waals surface area contributed by atoms with Gasteiger partial charge in [-0.25, -0.2) is 4.68 Å². The highest BCUT2D eigenvalue weighted by Crippen LogP contribution is 2.28. The fourth-order valence-corrected chi connectivity index (χ4v) is 4.83. The van der Waals surface area contributed by atoms with Crippen LogP contribution in [0.15, 0.2) is 71.5 Å². The molecular weight excluding hydrogens is 520 g/mol. The molecule has 0 aliphatic rings. The number of fused-ring (bicyclic) bond motifs is 1. The Kier molecular flexibility index (Phi) is 8.59. The minimum Gasteiger partial charge on any atom is -0.497 e. The predicted octanol–water partition coefficient (Wildman–Crippen LogP) is 4.14. The zero-order valence-corrected chi connectivity index (χ0v) is 23.8. The Morgan fingerprint density at radius 1 is 0.854 bits per heavy atom. The van der Waals surface area contributed by atoms with Gasteiger partial charge in [0.05, 0.1) is 34.4 Å². The molecule has 0 atom stereocenters. The molecule has 0 radical (unpaired) electrons. The molecule has 0 aliphatic heterocycles. The topological polar surface area (TPSA) is 107 Å². The molecule has 0 unspecified atom stereocenters. The molecule has 212 valence electrons. The van der Waals surface area contributed by atoms with Gasteiger partial charge in [0, 0.05) is 24.2 Å². The van der Waals surface area contributed by atoms with E-state index in [0.717, 1.165) is 39.8 Å². The van der Waals surface area contributed by atoms with Crippen LogP contribution in [0.25, 0.3) is 10.9 Å². The maximum absolute atomic E-state index is 13.1. The third-order valence-corrected chi connectivity index (χ3v) is 7.10. The Morgan fingerprint density at radius 2 is 1.63 bits per heavy atom. The van der Waals surface area contributed by atoms with E-state index in [2.05, 4.69) is 31.5 Å². The first-order chi connectivity index (χ1) is 19.9.